The minimum atomic E-state index is 0.921. The van der Waals surface area contributed by atoms with Crippen LogP contribution in [0.25, 0.3) is 10.8 Å². The third-order valence-corrected chi connectivity index (χ3v) is 4.50. The summed E-state index contributed by atoms with van der Waals surface area (Å²) in [4.78, 5) is 2.18. The first-order valence-electron chi connectivity index (χ1n) is 8.49. The highest BCUT2D eigenvalue weighted by atomic mass is 16.5. The van der Waals surface area contributed by atoms with Crippen molar-refractivity contribution in [3.63, 3.8) is 0 Å². The third kappa shape index (κ3) is 3.70. The van der Waals surface area contributed by atoms with E-state index >= 15 is 0 Å². The van der Waals surface area contributed by atoms with Crippen molar-refractivity contribution in [3.05, 3.63) is 71.8 Å². The summed E-state index contributed by atoms with van der Waals surface area (Å²) in [5, 5.41) is 2.64. The summed E-state index contributed by atoms with van der Waals surface area (Å²) in [5.41, 5.74) is 4.06. The molecular formula is C22H25NO. The number of rotatable bonds is 6. The molecule has 3 aromatic carbocycles. The van der Waals surface area contributed by atoms with Crippen LogP contribution >= 0.6 is 0 Å². The van der Waals surface area contributed by atoms with Crippen molar-refractivity contribution in [2.24, 2.45) is 0 Å². The normalized spacial score (nSPS) is 10.8. The number of anilines is 1. The lowest BCUT2D eigenvalue weighted by Gasteiger charge is -2.16. The van der Waals surface area contributed by atoms with Gasteiger partial charge in [0, 0.05) is 25.2 Å². The zero-order valence-electron chi connectivity index (χ0n) is 14.8. The number of ether oxygens (including phenoxy) is 1. The van der Waals surface area contributed by atoms with E-state index in [0.717, 1.165) is 25.0 Å². The van der Waals surface area contributed by atoms with Crippen LogP contribution in [-0.4, -0.2) is 21.2 Å². The van der Waals surface area contributed by atoms with Gasteiger partial charge in [0.2, 0.25) is 0 Å². The zero-order valence-corrected chi connectivity index (χ0v) is 14.8. The largest absolute Gasteiger partial charge is 0.497 e. The van der Waals surface area contributed by atoms with Gasteiger partial charge in [-0.1, -0.05) is 36.4 Å². The van der Waals surface area contributed by atoms with Crippen molar-refractivity contribution >= 4 is 16.5 Å². The van der Waals surface area contributed by atoms with E-state index in [1.807, 2.05) is 12.1 Å². The molecule has 0 aliphatic rings. The minimum Gasteiger partial charge on any atom is -0.497 e. The van der Waals surface area contributed by atoms with E-state index in [1.54, 1.807) is 7.11 Å². The van der Waals surface area contributed by atoms with Crippen LogP contribution in [-0.2, 0) is 12.8 Å². The third-order valence-electron chi connectivity index (χ3n) is 4.50. The summed E-state index contributed by atoms with van der Waals surface area (Å²) in [6, 6.07) is 21.7. The maximum absolute atomic E-state index is 5.21. The summed E-state index contributed by atoms with van der Waals surface area (Å²) < 4.78 is 5.21. The molecule has 0 aromatic heterocycles. The monoisotopic (exact) mass is 319 g/mol. The Kier molecular flexibility index (Phi) is 5.05. The molecule has 0 fully saturated rings. The molecule has 0 unspecified atom stereocenters. The quantitative estimate of drug-likeness (QED) is 0.627. The molecule has 0 saturated carbocycles. The van der Waals surface area contributed by atoms with Gasteiger partial charge in [-0.2, -0.15) is 0 Å². The first-order valence-corrected chi connectivity index (χ1v) is 8.49. The molecule has 0 radical (unpaired) electrons. The number of fused-ring (bicyclic) bond motifs is 1. The van der Waals surface area contributed by atoms with Gasteiger partial charge in [-0.15, -0.1) is 0 Å². The number of methoxy groups -OCH3 is 1. The SMILES string of the molecule is COc1ccc(CCCc2ccc3cccc(N(C)C)c3c2)cc1. The standard InChI is InChI=1S/C22H25NO/c1-23(2)22-9-5-8-19-13-10-18(16-21(19)22)7-4-6-17-11-14-20(24-3)15-12-17/h5,8-16H,4,6-7H2,1-3H3. The zero-order chi connectivity index (χ0) is 16.9. The number of hydrogen-bond donors (Lipinski definition) is 0. The summed E-state index contributed by atoms with van der Waals surface area (Å²) in [5.74, 6) is 0.921. The Labute approximate surface area is 144 Å². The van der Waals surface area contributed by atoms with Crippen LogP contribution in [0.15, 0.2) is 60.7 Å². The van der Waals surface area contributed by atoms with Gasteiger partial charge >= 0.3 is 0 Å². The second kappa shape index (κ2) is 7.39. The first-order chi connectivity index (χ1) is 11.7. The first kappa shape index (κ1) is 16.4. The predicted octanol–water partition coefficient (Wildman–Crippen LogP) is 5.09. The second-order valence-electron chi connectivity index (χ2n) is 6.43. The van der Waals surface area contributed by atoms with Crippen LogP contribution in [0, 0.1) is 0 Å². The van der Waals surface area contributed by atoms with Crippen molar-refractivity contribution in [3.8, 4) is 5.75 Å². The fourth-order valence-corrected chi connectivity index (χ4v) is 3.14. The van der Waals surface area contributed by atoms with Crippen molar-refractivity contribution < 1.29 is 4.74 Å². The van der Waals surface area contributed by atoms with E-state index in [2.05, 4.69) is 67.5 Å². The Balaban J connectivity index is 1.69. The van der Waals surface area contributed by atoms with E-state index in [1.165, 1.54) is 27.6 Å². The molecule has 0 atom stereocenters. The minimum absolute atomic E-state index is 0.921. The number of nitrogens with zero attached hydrogens (tertiary/aromatic N) is 1. The van der Waals surface area contributed by atoms with Gasteiger partial charge in [0.15, 0.2) is 0 Å². The number of benzene rings is 3. The van der Waals surface area contributed by atoms with E-state index in [9.17, 15) is 0 Å². The lowest BCUT2D eigenvalue weighted by molar-refractivity contribution is 0.414. The lowest BCUT2D eigenvalue weighted by atomic mass is 10.00. The molecule has 0 amide bonds. The molecule has 3 aromatic rings. The fraction of sp³-hybridized carbons (Fsp3) is 0.273. The van der Waals surface area contributed by atoms with Crippen LogP contribution < -0.4 is 9.64 Å². The van der Waals surface area contributed by atoms with Crippen LogP contribution in [0.2, 0.25) is 0 Å². The maximum Gasteiger partial charge on any atom is 0.118 e. The fourth-order valence-electron chi connectivity index (χ4n) is 3.14. The van der Waals surface area contributed by atoms with Crippen LogP contribution in [0.5, 0.6) is 5.75 Å². The molecule has 3 rings (SSSR count). The summed E-state index contributed by atoms with van der Waals surface area (Å²) in [6.07, 6.45) is 3.35. The van der Waals surface area contributed by atoms with Gasteiger partial charge in [0.05, 0.1) is 7.11 Å². The Bertz CT molecular complexity index is 806. The predicted molar refractivity (Wildman–Crippen MR) is 103 cm³/mol. The molecule has 0 spiro atoms. The van der Waals surface area contributed by atoms with Crippen molar-refractivity contribution in [1.29, 1.82) is 0 Å². The average Bonchev–Trinajstić information content (AvgIpc) is 2.61. The maximum atomic E-state index is 5.21. The van der Waals surface area contributed by atoms with E-state index in [-0.39, 0.29) is 0 Å². The second-order valence-corrected chi connectivity index (χ2v) is 6.43. The van der Waals surface area contributed by atoms with Crippen LogP contribution in [0.4, 0.5) is 5.69 Å². The summed E-state index contributed by atoms with van der Waals surface area (Å²) in [6.45, 7) is 0. The smallest absolute Gasteiger partial charge is 0.118 e. The number of aryl methyl sites for hydroxylation is 2. The van der Waals surface area contributed by atoms with Crippen molar-refractivity contribution in [2.45, 2.75) is 19.3 Å². The molecule has 124 valence electrons. The molecule has 2 heteroatoms. The van der Waals surface area contributed by atoms with Gasteiger partial charge in [0.1, 0.15) is 5.75 Å². The molecule has 0 aliphatic heterocycles. The van der Waals surface area contributed by atoms with Gasteiger partial charge < -0.3 is 9.64 Å². The molecule has 0 aliphatic carbocycles. The lowest BCUT2D eigenvalue weighted by Crippen LogP contribution is -2.08. The van der Waals surface area contributed by atoms with E-state index < -0.39 is 0 Å². The van der Waals surface area contributed by atoms with Crippen molar-refractivity contribution in [1.82, 2.24) is 0 Å². The van der Waals surface area contributed by atoms with E-state index in [0.29, 0.717) is 0 Å². The topological polar surface area (TPSA) is 12.5 Å². The highest BCUT2D eigenvalue weighted by Crippen LogP contribution is 2.27. The highest BCUT2D eigenvalue weighted by molar-refractivity contribution is 5.94. The Morgan fingerprint density at radius 2 is 1.54 bits per heavy atom. The van der Waals surface area contributed by atoms with Crippen LogP contribution in [0.3, 0.4) is 0 Å². The average molecular weight is 319 g/mol. The highest BCUT2D eigenvalue weighted by Gasteiger charge is 2.04. The molecule has 0 bridgehead atoms. The Hall–Kier alpha value is -2.48. The molecule has 0 saturated heterocycles. The van der Waals surface area contributed by atoms with Gasteiger partial charge in [-0.3, -0.25) is 0 Å². The molecular weight excluding hydrogens is 294 g/mol. The summed E-state index contributed by atoms with van der Waals surface area (Å²) >= 11 is 0. The van der Waals surface area contributed by atoms with Crippen LogP contribution in [0.1, 0.15) is 17.5 Å². The number of hydrogen-bond acceptors (Lipinski definition) is 2. The van der Waals surface area contributed by atoms with Gasteiger partial charge in [0.25, 0.3) is 0 Å². The molecule has 0 N–H and O–H groups in total. The van der Waals surface area contributed by atoms with Gasteiger partial charge in [-0.25, -0.2) is 0 Å². The summed E-state index contributed by atoms with van der Waals surface area (Å²) in [7, 11) is 5.91. The molecule has 24 heavy (non-hydrogen) atoms. The Morgan fingerprint density at radius 3 is 2.25 bits per heavy atom. The van der Waals surface area contributed by atoms with Crippen molar-refractivity contribution in [2.75, 3.05) is 26.1 Å². The molecule has 0 heterocycles. The van der Waals surface area contributed by atoms with Gasteiger partial charge in [-0.05, 0) is 60.0 Å². The van der Waals surface area contributed by atoms with E-state index in [4.69, 9.17) is 4.74 Å². The molecule has 2 nitrogen and oxygen atoms in total. The Morgan fingerprint density at radius 1 is 0.833 bits per heavy atom.